The summed E-state index contributed by atoms with van der Waals surface area (Å²) in [7, 11) is 0. The van der Waals surface area contributed by atoms with E-state index >= 15 is 0 Å². The summed E-state index contributed by atoms with van der Waals surface area (Å²) in [6.45, 7) is 0.815. The Hall–Kier alpha value is -0.580. The molecule has 1 heterocycles. The molecule has 1 aromatic carbocycles. The van der Waals surface area contributed by atoms with Gasteiger partial charge in [-0.15, -0.1) is 0 Å². The highest BCUT2D eigenvalue weighted by molar-refractivity contribution is 8.23. The first-order valence-electron chi connectivity index (χ1n) is 4.08. The molecule has 0 saturated carbocycles. The maximum absolute atomic E-state index is 5.26. The third-order valence-corrected chi connectivity index (χ3v) is 3.25. The second-order valence-corrected chi connectivity index (χ2v) is 4.34. The molecule has 1 saturated heterocycles. The third-order valence-electron chi connectivity index (χ3n) is 1.86. The molecule has 1 aliphatic heterocycles. The van der Waals surface area contributed by atoms with Gasteiger partial charge in [0.2, 0.25) is 0 Å². The molecule has 1 N–H and O–H groups in total. The van der Waals surface area contributed by atoms with Crippen LogP contribution in [-0.4, -0.2) is 16.9 Å². The summed E-state index contributed by atoms with van der Waals surface area (Å²) in [5.74, 6) is 0.919. The van der Waals surface area contributed by atoms with E-state index in [-0.39, 0.29) is 0 Å². The topological polar surface area (TPSA) is 15.3 Å². The molecule has 13 heavy (non-hydrogen) atoms. The zero-order valence-corrected chi connectivity index (χ0v) is 8.70. The van der Waals surface area contributed by atoms with E-state index in [4.69, 9.17) is 12.2 Å². The second-order valence-electron chi connectivity index (χ2n) is 2.73. The van der Waals surface area contributed by atoms with Crippen LogP contribution < -0.4 is 10.2 Å². The third kappa shape index (κ3) is 2.02. The fourth-order valence-corrected chi connectivity index (χ4v) is 2.21. The van der Waals surface area contributed by atoms with Crippen molar-refractivity contribution in [1.82, 2.24) is 5.32 Å². The standard InChI is InChI=1S/C9H10N2S2/c12-9-11(6-10-7-13-9)8-4-2-1-3-5-8/h1-5,10H,6-7H2. The Kier molecular flexibility index (Phi) is 2.83. The lowest BCUT2D eigenvalue weighted by molar-refractivity contribution is 0.794. The molecule has 1 aromatic rings. The van der Waals surface area contributed by atoms with Crippen LogP contribution in [-0.2, 0) is 0 Å². The van der Waals surface area contributed by atoms with Crippen molar-refractivity contribution in [3.63, 3.8) is 0 Å². The Morgan fingerprint density at radius 2 is 2.08 bits per heavy atom. The molecule has 2 rings (SSSR count). The van der Waals surface area contributed by atoms with Gasteiger partial charge in [0.25, 0.3) is 0 Å². The Morgan fingerprint density at radius 3 is 2.77 bits per heavy atom. The first kappa shape index (κ1) is 8.99. The van der Waals surface area contributed by atoms with E-state index in [1.54, 1.807) is 11.8 Å². The van der Waals surface area contributed by atoms with E-state index in [1.807, 2.05) is 18.2 Å². The minimum Gasteiger partial charge on any atom is -0.314 e. The second kappa shape index (κ2) is 4.09. The minimum atomic E-state index is 0.815. The van der Waals surface area contributed by atoms with Gasteiger partial charge < -0.3 is 4.90 Å². The van der Waals surface area contributed by atoms with E-state index in [0.717, 1.165) is 22.6 Å². The SMILES string of the molecule is S=C1SCNCN1c1ccccc1. The van der Waals surface area contributed by atoms with Crippen molar-refractivity contribution in [2.24, 2.45) is 0 Å². The Morgan fingerprint density at radius 1 is 1.31 bits per heavy atom. The maximum Gasteiger partial charge on any atom is 0.143 e. The fraction of sp³-hybridized carbons (Fsp3) is 0.222. The summed E-state index contributed by atoms with van der Waals surface area (Å²) in [5.41, 5.74) is 1.16. The van der Waals surface area contributed by atoms with Crippen LogP contribution in [0.5, 0.6) is 0 Å². The summed E-state index contributed by atoms with van der Waals surface area (Å²) in [5, 5.41) is 3.27. The van der Waals surface area contributed by atoms with Crippen LogP contribution in [0.15, 0.2) is 30.3 Å². The largest absolute Gasteiger partial charge is 0.314 e. The number of para-hydroxylation sites is 1. The summed E-state index contributed by atoms with van der Waals surface area (Å²) in [4.78, 5) is 2.10. The number of thioether (sulfide) groups is 1. The zero-order valence-electron chi connectivity index (χ0n) is 7.06. The molecule has 0 spiro atoms. The summed E-state index contributed by atoms with van der Waals surface area (Å²) < 4.78 is 0.949. The number of nitrogens with zero attached hydrogens (tertiary/aromatic N) is 1. The molecule has 0 amide bonds. The van der Waals surface area contributed by atoms with Gasteiger partial charge in [-0.05, 0) is 12.1 Å². The lowest BCUT2D eigenvalue weighted by Crippen LogP contribution is -2.41. The Balaban J connectivity index is 2.20. The highest BCUT2D eigenvalue weighted by Crippen LogP contribution is 2.20. The summed E-state index contributed by atoms with van der Waals surface area (Å²) >= 11 is 6.93. The fourth-order valence-electron chi connectivity index (χ4n) is 1.22. The van der Waals surface area contributed by atoms with Gasteiger partial charge in [0.15, 0.2) is 0 Å². The molecule has 0 radical (unpaired) electrons. The molecule has 4 heteroatoms. The maximum atomic E-state index is 5.26. The molecule has 1 fully saturated rings. The van der Waals surface area contributed by atoms with E-state index in [0.29, 0.717) is 0 Å². The summed E-state index contributed by atoms with van der Waals surface area (Å²) in [6.07, 6.45) is 0. The first-order valence-corrected chi connectivity index (χ1v) is 5.47. The number of rotatable bonds is 1. The van der Waals surface area contributed by atoms with Crippen molar-refractivity contribution < 1.29 is 0 Å². The van der Waals surface area contributed by atoms with Crippen LogP contribution in [0.25, 0.3) is 0 Å². The number of hydrogen-bond donors (Lipinski definition) is 1. The summed E-state index contributed by atoms with van der Waals surface area (Å²) in [6, 6.07) is 10.2. The minimum absolute atomic E-state index is 0.815. The van der Waals surface area contributed by atoms with Gasteiger partial charge in [-0.1, -0.05) is 42.2 Å². The number of nitrogens with one attached hydrogen (secondary N) is 1. The van der Waals surface area contributed by atoms with Gasteiger partial charge in [-0.25, -0.2) is 0 Å². The number of benzene rings is 1. The van der Waals surface area contributed by atoms with Crippen LogP contribution in [0.3, 0.4) is 0 Å². The van der Waals surface area contributed by atoms with Gasteiger partial charge in [0, 0.05) is 5.69 Å². The van der Waals surface area contributed by atoms with Crippen molar-refractivity contribution >= 4 is 34.0 Å². The molecule has 0 aliphatic carbocycles. The monoisotopic (exact) mass is 210 g/mol. The number of anilines is 1. The highest BCUT2D eigenvalue weighted by Gasteiger charge is 2.15. The van der Waals surface area contributed by atoms with E-state index in [1.165, 1.54) is 0 Å². The van der Waals surface area contributed by atoms with Crippen LogP contribution in [0.2, 0.25) is 0 Å². The van der Waals surface area contributed by atoms with Gasteiger partial charge >= 0.3 is 0 Å². The normalized spacial score (nSPS) is 17.5. The Bertz CT molecular complexity index is 300. The molecule has 0 atom stereocenters. The molecule has 2 nitrogen and oxygen atoms in total. The average molecular weight is 210 g/mol. The average Bonchev–Trinajstić information content (AvgIpc) is 2.20. The van der Waals surface area contributed by atoms with E-state index in [9.17, 15) is 0 Å². The van der Waals surface area contributed by atoms with Gasteiger partial charge in [-0.3, -0.25) is 5.32 Å². The number of hydrogen-bond acceptors (Lipinski definition) is 3. The van der Waals surface area contributed by atoms with Crippen LogP contribution in [0.4, 0.5) is 5.69 Å². The first-order chi connectivity index (χ1) is 6.38. The predicted octanol–water partition coefficient (Wildman–Crippen LogP) is 2.03. The quantitative estimate of drug-likeness (QED) is 0.713. The molecule has 0 unspecified atom stereocenters. The van der Waals surface area contributed by atoms with Gasteiger partial charge in [0.05, 0.1) is 12.5 Å². The lowest BCUT2D eigenvalue weighted by Gasteiger charge is -2.29. The van der Waals surface area contributed by atoms with Crippen LogP contribution >= 0.6 is 24.0 Å². The van der Waals surface area contributed by atoms with Crippen molar-refractivity contribution in [2.75, 3.05) is 17.4 Å². The molecule has 68 valence electrons. The van der Waals surface area contributed by atoms with Crippen molar-refractivity contribution in [1.29, 1.82) is 0 Å². The highest BCUT2D eigenvalue weighted by atomic mass is 32.2. The molecule has 0 aromatic heterocycles. The smallest absolute Gasteiger partial charge is 0.143 e. The molecular formula is C9H10N2S2. The van der Waals surface area contributed by atoms with Crippen LogP contribution in [0, 0.1) is 0 Å². The van der Waals surface area contributed by atoms with Crippen molar-refractivity contribution in [3.05, 3.63) is 30.3 Å². The van der Waals surface area contributed by atoms with E-state index < -0.39 is 0 Å². The van der Waals surface area contributed by atoms with Crippen molar-refractivity contribution in [2.45, 2.75) is 0 Å². The number of thiocarbonyl (C=S) groups is 1. The van der Waals surface area contributed by atoms with Crippen LogP contribution in [0.1, 0.15) is 0 Å². The predicted molar refractivity (Wildman–Crippen MR) is 62.0 cm³/mol. The van der Waals surface area contributed by atoms with Gasteiger partial charge in [-0.2, -0.15) is 0 Å². The molecule has 0 bridgehead atoms. The molecule has 1 aliphatic rings. The lowest BCUT2D eigenvalue weighted by atomic mass is 10.3. The van der Waals surface area contributed by atoms with Crippen molar-refractivity contribution in [3.8, 4) is 0 Å². The van der Waals surface area contributed by atoms with Gasteiger partial charge in [0.1, 0.15) is 4.32 Å². The zero-order chi connectivity index (χ0) is 9.10. The van der Waals surface area contributed by atoms with E-state index in [2.05, 4.69) is 22.3 Å². The Labute approximate surface area is 87.3 Å². The molecular weight excluding hydrogens is 200 g/mol.